The first-order chi connectivity index (χ1) is 6.25. The first-order valence-corrected chi connectivity index (χ1v) is 4.60. The lowest BCUT2D eigenvalue weighted by Gasteiger charge is -2.08. The van der Waals surface area contributed by atoms with Crippen molar-refractivity contribution in [3.8, 4) is 0 Å². The molecule has 0 bridgehead atoms. The number of benzene rings is 1. The number of nitrogens with two attached hydrogens (primary N) is 1. The number of Topliss-reactive ketones (excluding diaryl/α,β-unsaturated/α-hetero) is 1. The van der Waals surface area contributed by atoms with Gasteiger partial charge in [0.15, 0.2) is 5.78 Å². The van der Waals surface area contributed by atoms with Crippen molar-refractivity contribution < 1.29 is 4.79 Å². The molecular weight excluding hydrogens is 162 g/mol. The second-order valence-corrected chi connectivity index (χ2v) is 3.13. The molecule has 1 atom stereocenters. The van der Waals surface area contributed by atoms with Crippen molar-refractivity contribution in [2.24, 2.45) is 5.73 Å². The van der Waals surface area contributed by atoms with Gasteiger partial charge in [-0.25, -0.2) is 0 Å². The zero-order valence-electron chi connectivity index (χ0n) is 7.86. The average molecular weight is 177 g/mol. The van der Waals surface area contributed by atoms with Gasteiger partial charge in [-0.05, 0) is 6.42 Å². The minimum absolute atomic E-state index is 0.0439. The van der Waals surface area contributed by atoms with Gasteiger partial charge in [-0.3, -0.25) is 4.79 Å². The van der Waals surface area contributed by atoms with Gasteiger partial charge in [0.25, 0.3) is 0 Å². The van der Waals surface area contributed by atoms with Crippen molar-refractivity contribution in [3.63, 3.8) is 0 Å². The van der Waals surface area contributed by atoms with Crippen LogP contribution in [0.3, 0.4) is 0 Å². The largest absolute Gasteiger partial charge is 0.321 e. The molecule has 0 spiro atoms. The van der Waals surface area contributed by atoms with E-state index in [1.165, 1.54) is 0 Å². The lowest BCUT2D eigenvalue weighted by Crippen LogP contribution is -2.30. The van der Waals surface area contributed by atoms with Gasteiger partial charge >= 0.3 is 0 Å². The van der Waals surface area contributed by atoms with Gasteiger partial charge in [0, 0.05) is 5.56 Å². The predicted molar refractivity (Wildman–Crippen MR) is 53.7 cm³/mol. The van der Waals surface area contributed by atoms with E-state index in [1.807, 2.05) is 25.1 Å². The maximum atomic E-state index is 11.6. The lowest BCUT2D eigenvalue weighted by atomic mass is 10.0. The molecule has 0 aliphatic heterocycles. The molecule has 0 amide bonds. The Morgan fingerprint density at radius 1 is 1.38 bits per heavy atom. The minimum atomic E-state index is -0.340. The van der Waals surface area contributed by atoms with E-state index in [0.717, 1.165) is 12.8 Å². The van der Waals surface area contributed by atoms with Crippen LogP contribution in [0.15, 0.2) is 30.3 Å². The summed E-state index contributed by atoms with van der Waals surface area (Å²) in [7, 11) is 0. The molecule has 0 aromatic heterocycles. The highest BCUT2D eigenvalue weighted by atomic mass is 16.1. The van der Waals surface area contributed by atoms with E-state index in [1.54, 1.807) is 12.1 Å². The molecule has 1 rings (SSSR count). The third-order valence-electron chi connectivity index (χ3n) is 1.99. The number of hydrogen-bond donors (Lipinski definition) is 1. The second-order valence-electron chi connectivity index (χ2n) is 3.13. The van der Waals surface area contributed by atoms with Crippen LogP contribution in [0.1, 0.15) is 30.1 Å². The second kappa shape index (κ2) is 4.77. The standard InChI is InChI=1S/C11H15NO/c1-2-6-10(12)11(13)9-7-4-3-5-8-9/h3-5,7-8,10H,2,6,12H2,1H3/t10-/m1/s1. The van der Waals surface area contributed by atoms with Crippen molar-refractivity contribution in [1.29, 1.82) is 0 Å². The van der Waals surface area contributed by atoms with E-state index in [-0.39, 0.29) is 11.8 Å². The molecule has 1 aromatic carbocycles. The Bertz CT molecular complexity index is 269. The smallest absolute Gasteiger partial charge is 0.179 e. The van der Waals surface area contributed by atoms with Crippen LogP contribution in [-0.2, 0) is 0 Å². The molecule has 70 valence electrons. The summed E-state index contributed by atoms with van der Waals surface area (Å²) < 4.78 is 0. The van der Waals surface area contributed by atoms with E-state index in [2.05, 4.69) is 0 Å². The maximum absolute atomic E-state index is 11.6. The monoisotopic (exact) mass is 177 g/mol. The lowest BCUT2D eigenvalue weighted by molar-refractivity contribution is 0.0957. The van der Waals surface area contributed by atoms with Gasteiger partial charge in [-0.2, -0.15) is 0 Å². The summed E-state index contributed by atoms with van der Waals surface area (Å²) >= 11 is 0. The maximum Gasteiger partial charge on any atom is 0.179 e. The predicted octanol–water partition coefficient (Wildman–Crippen LogP) is 2.00. The number of ketones is 1. The third-order valence-corrected chi connectivity index (χ3v) is 1.99. The fourth-order valence-electron chi connectivity index (χ4n) is 1.26. The molecule has 0 fully saturated rings. The van der Waals surface area contributed by atoms with Crippen molar-refractivity contribution >= 4 is 5.78 Å². The quantitative estimate of drug-likeness (QED) is 0.715. The Balaban J connectivity index is 2.68. The van der Waals surface area contributed by atoms with Crippen molar-refractivity contribution in [3.05, 3.63) is 35.9 Å². The zero-order chi connectivity index (χ0) is 9.68. The minimum Gasteiger partial charge on any atom is -0.321 e. The number of hydrogen-bond acceptors (Lipinski definition) is 2. The van der Waals surface area contributed by atoms with Crippen LogP contribution in [0, 0.1) is 0 Å². The molecule has 2 nitrogen and oxygen atoms in total. The topological polar surface area (TPSA) is 43.1 Å². The molecule has 1 aromatic rings. The third kappa shape index (κ3) is 2.67. The number of carbonyl (C=O) groups excluding carboxylic acids is 1. The molecule has 0 saturated carbocycles. The summed E-state index contributed by atoms with van der Waals surface area (Å²) in [5.41, 5.74) is 6.42. The van der Waals surface area contributed by atoms with Crippen molar-refractivity contribution in [2.45, 2.75) is 25.8 Å². The van der Waals surface area contributed by atoms with Crippen LogP contribution in [0.2, 0.25) is 0 Å². The van der Waals surface area contributed by atoms with Crippen LogP contribution in [0.5, 0.6) is 0 Å². The van der Waals surface area contributed by atoms with Crippen LogP contribution < -0.4 is 5.73 Å². The Labute approximate surface area is 78.8 Å². The van der Waals surface area contributed by atoms with Gasteiger partial charge in [0.05, 0.1) is 6.04 Å². The van der Waals surface area contributed by atoms with Crippen LogP contribution in [0.25, 0.3) is 0 Å². The Morgan fingerprint density at radius 2 is 2.00 bits per heavy atom. The zero-order valence-corrected chi connectivity index (χ0v) is 7.86. The SMILES string of the molecule is CCC[C@@H](N)C(=O)c1ccccc1. The highest BCUT2D eigenvalue weighted by molar-refractivity contribution is 5.99. The van der Waals surface area contributed by atoms with Gasteiger partial charge < -0.3 is 5.73 Å². The fraction of sp³-hybridized carbons (Fsp3) is 0.364. The Morgan fingerprint density at radius 3 is 2.54 bits per heavy atom. The fourth-order valence-corrected chi connectivity index (χ4v) is 1.26. The first-order valence-electron chi connectivity index (χ1n) is 4.60. The van der Waals surface area contributed by atoms with Gasteiger partial charge in [-0.15, -0.1) is 0 Å². The van der Waals surface area contributed by atoms with Crippen LogP contribution in [0.4, 0.5) is 0 Å². The summed E-state index contributed by atoms with van der Waals surface area (Å²) in [5.74, 6) is 0.0439. The average Bonchev–Trinajstić information content (AvgIpc) is 2.18. The number of carbonyl (C=O) groups is 1. The van der Waals surface area contributed by atoms with Gasteiger partial charge in [0.1, 0.15) is 0 Å². The van der Waals surface area contributed by atoms with E-state index < -0.39 is 0 Å². The molecule has 0 aliphatic rings. The van der Waals surface area contributed by atoms with E-state index >= 15 is 0 Å². The molecular formula is C11H15NO. The van der Waals surface area contributed by atoms with E-state index in [4.69, 9.17) is 5.73 Å². The molecule has 0 heterocycles. The van der Waals surface area contributed by atoms with Crippen LogP contribution in [-0.4, -0.2) is 11.8 Å². The van der Waals surface area contributed by atoms with Crippen molar-refractivity contribution in [1.82, 2.24) is 0 Å². The summed E-state index contributed by atoms with van der Waals surface area (Å²) in [6.07, 6.45) is 1.70. The Kier molecular flexibility index (Phi) is 3.65. The summed E-state index contributed by atoms with van der Waals surface area (Å²) in [5, 5.41) is 0. The number of rotatable bonds is 4. The van der Waals surface area contributed by atoms with Crippen LogP contribution >= 0.6 is 0 Å². The van der Waals surface area contributed by atoms with Gasteiger partial charge in [-0.1, -0.05) is 43.7 Å². The molecule has 2 N–H and O–H groups in total. The first kappa shape index (κ1) is 9.93. The molecule has 13 heavy (non-hydrogen) atoms. The normalized spacial score (nSPS) is 12.5. The van der Waals surface area contributed by atoms with E-state index in [0.29, 0.717) is 5.56 Å². The molecule has 0 aliphatic carbocycles. The summed E-state index contributed by atoms with van der Waals surface area (Å²) in [6, 6.07) is 8.86. The highest BCUT2D eigenvalue weighted by Crippen LogP contribution is 2.05. The Hall–Kier alpha value is -1.15. The van der Waals surface area contributed by atoms with Crippen molar-refractivity contribution in [2.75, 3.05) is 0 Å². The molecule has 0 saturated heterocycles. The summed E-state index contributed by atoms with van der Waals surface area (Å²) in [6.45, 7) is 2.03. The highest BCUT2D eigenvalue weighted by Gasteiger charge is 2.13. The molecule has 0 radical (unpaired) electrons. The van der Waals surface area contributed by atoms with Gasteiger partial charge in [0.2, 0.25) is 0 Å². The summed E-state index contributed by atoms with van der Waals surface area (Å²) in [4.78, 5) is 11.6. The molecule has 0 unspecified atom stereocenters. The van der Waals surface area contributed by atoms with E-state index in [9.17, 15) is 4.79 Å². The molecule has 2 heteroatoms.